The Morgan fingerprint density at radius 2 is 1.66 bits per heavy atom. The van der Waals surface area contributed by atoms with E-state index < -0.39 is 60.9 Å². The number of hydrogen-bond donors (Lipinski definition) is 6. The highest BCUT2D eigenvalue weighted by atomic mass is 16.4. The topological polar surface area (TPSA) is 171 Å². The van der Waals surface area contributed by atoms with Crippen LogP contribution >= 0.6 is 0 Å². The van der Waals surface area contributed by atoms with E-state index in [-0.39, 0.29) is 0 Å². The van der Waals surface area contributed by atoms with Crippen molar-refractivity contribution in [2.24, 2.45) is 11.7 Å². The molecule has 0 bridgehead atoms. The fraction of sp³-hybridized carbons (Fsp3) is 0.474. The largest absolute Gasteiger partial charge is 0.480 e. The number of hydrogen-bond acceptors (Lipinski definition) is 6. The lowest BCUT2D eigenvalue weighted by molar-refractivity contribution is -0.143. The van der Waals surface area contributed by atoms with Gasteiger partial charge in [-0.2, -0.15) is 0 Å². The Morgan fingerprint density at radius 3 is 2.17 bits per heavy atom. The average Bonchev–Trinajstić information content (AvgIpc) is 2.68. The number of carboxylic acid groups (broad SMARTS) is 1. The summed E-state index contributed by atoms with van der Waals surface area (Å²) in [5.41, 5.74) is 6.69. The smallest absolute Gasteiger partial charge is 0.326 e. The van der Waals surface area contributed by atoms with Gasteiger partial charge in [-0.05, 0) is 17.9 Å². The van der Waals surface area contributed by atoms with Gasteiger partial charge < -0.3 is 31.9 Å². The molecule has 0 fully saturated rings. The monoisotopic (exact) mass is 408 g/mol. The van der Waals surface area contributed by atoms with Gasteiger partial charge >= 0.3 is 5.97 Å². The molecule has 0 saturated carbocycles. The van der Waals surface area contributed by atoms with Crippen LogP contribution in [0, 0.1) is 5.92 Å². The molecule has 3 amide bonds. The molecule has 10 heteroatoms. The Bertz CT molecular complexity index is 710. The van der Waals surface area contributed by atoms with Crippen molar-refractivity contribution in [3.63, 3.8) is 0 Å². The van der Waals surface area contributed by atoms with Gasteiger partial charge in [0, 0.05) is 0 Å². The van der Waals surface area contributed by atoms with Gasteiger partial charge in [-0.3, -0.25) is 14.4 Å². The third-order valence-electron chi connectivity index (χ3n) is 4.12. The Kier molecular flexibility index (Phi) is 9.76. The first kappa shape index (κ1) is 24.1. The van der Waals surface area contributed by atoms with Crippen LogP contribution in [0.25, 0.3) is 0 Å². The van der Waals surface area contributed by atoms with Crippen molar-refractivity contribution >= 4 is 23.7 Å². The Labute approximate surface area is 168 Å². The number of carbonyl (C=O) groups is 4. The van der Waals surface area contributed by atoms with E-state index in [1.54, 1.807) is 13.8 Å². The van der Waals surface area contributed by atoms with E-state index in [4.69, 9.17) is 10.8 Å². The predicted molar refractivity (Wildman–Crippen MR) is 105 cm³/mol. The molecule has 0 aliphatic heterocycles. The van der Waals surface area contributed by atoms with Crippen molar-refractivity contribution in [1.82, 2.24) is 16.0 Å². The van der Waals surface area contributed by atoms with Crippen molar-refractivity contribution in [2.45, 2.75) is 38.4 Å². The summed E-state index contributed by atoms with van der Waals surface area (Å²) in [6.07, 6.45) is 0.293. The first-order chi connectivity index (χ1) is 13.6. The first-order valence-electron chi connectivity index (χ1n) is 9.16. The molecule has 0 aliphatic rings. The summed E-state index contributed by atoms with van der Waals surface area (Å²) < 4.78 is 0. The summed E-state index contributed by atoms with van der Waals surface area (Å²) in [5.74, 6) is -3.72. The number of rotatable bonds is 11. The molecule has 0 aromatic heterocycles. The van der Waals surface area contributed by atoms with Crippen molar-refractivity contribution in [1.29, 1.82) is 0 Å². The maximum Gasteiger partial charge on any atom is 0.326 e. The van der Waals surface area contributed by atoms with Gasteiger partial charge in [-0.15, -0.1) is 0 Å². The van der Waals surface area contributed by atoms with Crippen LogP contribution in [0.5, 0.6) is 0 Å². The highest BCUT2D eigenvalue weighted by Crippen LogP contribution is 2.03. The second-order valence-electron chi connectivity index (χ2n) is 6.89. The SMILES string of the molecule is CC(C)C(NC(=O)C(CO)NC(=O)CNC(=O)C(N)Cc1ccccc1)C(=O)O. The van der Waals surface area contributed by atoms with Gasteiger partial charge in [0.15, 0.2) is 0 Å². The summed E-state index contributed by atoms with van der Waals surface area (Å²) in [6, 6.07) is 5.76. The van der Waals surface area contributed by atoms with E-state index in [0.717, 1.165) is 5.56 Å². The average molecular weight is 408 g/mol. The molecular formula is C19H28N4O6. The number of benzene rings is 1. The molecule has 0 heterocycles. The molecule has 160 valence electrons. The quantitative estimate of drug-likeness (QED) is 0.255. The number of carbonyl (C=O) groups excluding carboxylic acids is 3. The van der Waals surface area contributed by atoms with Crippen LogP contribution in [-0.2, 0) is 25.6 Å². The molecule has 29 heavy (non-hydrogen) atoms. The standard InChI is InChI=1S/C19H28N4O6/c1-11(2)16(19(28)29)23-18(27)14(10-24)22-15(25)9-21-17(26)13(20)8-12-6-4-3-5-7-12/h3-7,11,13-14,16,24H,8-10,20H2,1-2H3,(H,21,26)(H,22,25)(H,23,27)(H,28,29). The van der Waals surface area contributed by atoms with E-state index in [0.29, 0.717) is 6.42 Å². The zero-order chi connectivity index (χ0) is 22.0. The zero-order valence-corrected chi connectivity index (χ0v) is 16.4. The van der Waals surface area contributed by atoms with Gasteiger partial charge in [-0.25, -0.2) is 4.79 Å². The van der Waals surface area contributed by atoms with Crippen LogP contribution in [0.15, 0.2) is 30.3 Å². The number of amides is 3. The lowest BCUT2D eigenvalue weighted by Gasteiger charge is -2.22. The predicted octanol–water partition coefficient (Wildman–Crippen LogP) is -1.62. The lowest BCUT2D eigenvalue weighted by Crippen LogP contribution is -2.56. The third kappa shape index (κ3) is 8.28. The van der Waals surface area contributed by atoms with Gasteiger partial charge in [0.25, 0.3) is 0 Å². The van der Waals surface area contributed by atoms with Crippen LogP contribution in [0.4, 0.5) is 0 Å². The second-order valence-corrected chi connectivity index (χ2v) is 6.89. The van der Waals surface area contributed by atoms with Gasteiger partial charge in [-0.1, -0.05) is 44.2 Å². The van der Waals surface area contributed by atoms with E-state index in [9.17, 15) is 24.3 Å². The molecule has 1 rings (SSSR count). The molecule has 3 atom stereocenters. The van der Waals surface area contributed by atoms with E-state index >= 15 is 0 Å². The van der Waals surface area contributed by atoms with Crippen molar-refractivity contribution in [3.8, 4) is 0 Å². The van der Waals surface area contributed by atoms with Crippen LogP contribution in [-0.4, -0.2) is 65.2 Å². The molecule has 7 N–H and O–H groups in total. The Balaban J connectivity index is 2.51. The van der Waals surface area contributed by atoms with Crippen molar-refractivity contribution < 1.29 is 29.4 Å². The van der Waals surface area contributed by atoms with Gasteiger partial charge in [0.2, 0.25) is 17.7 Å². The molecule has 10 nitrogen and oxygen atoms in total. The highest BCUT2D eigenvalue weighted by Gasteiger charge is 2.28. The maximum absolute atomic E-state index is 12.1. The number of carboxylic acids is 1. The first-order valence-corrected chi connectivity index (χ1v) is 9.16. The molecule has 0 spiro atoms. The molecule has 1 aromatic rings. The lowest BCUT2D eigenvalue weighted by atomic mass is 10.0. The third-order valence-corrected chi connectivity index (χ3v) is 4.12. The highest BCUT2D eigenvalue weighted by molar-refractivity contribution is 5.92. The van der Waals surface area contributed by atoms with E-state index in [2.05, 4.69) is 16.0 Å². The molecule has 0 saturated heterocycles. The molecule has 1 aromatic carbocycles. The number of aliphatic carboxylic acids is 1. The van der Waals surface area contributed by atoms with Crippen molar-refractivity contribution in [3.05, 3.63) is 35.9 Å². The molecule has 0 aliphatic carbocycles. The van der Waals surface area contributed by atoms with Gasteiger partial charge in [0.1, 0.15) is 12.1 Å². The number of nitrogens with one attached hydrogen (secondary N) is 3. The fourth-order valence-electron chi connectivity index (χ4n) is 2.47. The minimum absolute atomic E-state index is 0.293. The number of aliphatic hydroxyl groups excluding tert-OH is 1. The van der Waals surface area contributed by atoms with Crippen molar-refractivity contribution in [2.75, 3.05) is 13.2 Å². The van der Waals surface area contributed by atoms with Crippen LogP contribution in [0.1, 0.15) is 19.4 Å². The Hall–Kier alpha value is -2.98. The zero-order valence-electron chi connectivity index (χ0n) is 16.4. The number of aliphatic hydroxyl groups is 1. The summed E-state index contributed by atoms with van der Waals surface area (Å²) in [5, 5.41) is 25.3. The van der Waals surface area contributed by atoms with Crippen LogP contribution in [0.3, 0.4) is 0 Å². The normalized spacial score (nSPS) is 13.8. The second kappa shape index (κ2) is 11.8. The summed E-state index contributed by atoms with van der Waals surface area (Å²) in [7, 11) is 0. The Morgan fingerprint density at radius 1 is 1.03 bits per heavy atom. The molecule has 3 unspecified atom stereocenters. The van der Waals surface area contributed by atoms with E-state index in [1.165, 1.54) is 0 Å². The summed E-state index contributed by atoms with van der Waals surface area (Å²) >= 11 is 0. The van der Waals surface area contributed by atoms with Gasteiger partial charge in [0.05, 0.1) is 19.2 Å². The van der Waals surface area contributed by atoms with Crippen LogP contribution < -0.4 is 21.7 Å². The maximum atomic E-state index is 12.1. The van der Waals surface area contributed by atoms with Crippen LogP contribution in [0.2, 0.25) is 0 Å². The summed E-state index contributed by atoms with van der Waals surface area (Å²) in [4.78, 5) is 47.3. The van der Waals surface area contributed by atoms with E-state index in [1.807, 2.05) is 30.3 Å². The number of nitrogens with two attached hydrogens (primary N) is 1. The summed E-state index contributed by atoms with van der Waals surface area (Å²) in [6.45, 7) is 2.04. The minimum Gasteiger partial charge on any atom is -0.480 e. The molecular weight excluding hydrogens is 380 g/mol. The minimum atomic E-state index is -1.35. The fourth-order valence-corrected chi connectivity index (χ4v) is 2.47. The molecule has 0 radical (unpaired) electrons.